The van der Waals surface area contributed by atoms with E-state index in [4.69, 9.17) is 23.2 Å². The molecule has 1 aromatic carbocycles. The van der Waals surface area contributed by atoms with Gasteiger partial charge in [0.25, 0.3) is 0 Å². The lowest BCUT2D eigenvalue weighted by molar-refractivity contribution is 0.544. The Morgan fingerprint density at radius 1 is 1.44 bits per heavy atom. The quantitative estimate of drug-likeness (QED) is 0.446. The summed E-state index contributed by atoms with van der Waals surface area (Å²) in [5, 5.41) is 4.78. The van der Waals surface area contributed by atoms with Gasteiger partial charge in [-0.3, -0.25) is 10.5 Å². The normalized spacial score (nSPS) is 12.6. The largest absolute Gasteiger partial charge is 0.398 e. The topological polar surface area (TPSA) is 81.9 Å². The van der Waals surface area contributed by atoms with E-state index in [1.807, 2.05) is 31.2 Å². The van der Waals surface area contributed by atoms with E-state index < -0.39 is 0 Å². The minimum atomic E-state index is -0.277. The van der Waals surface area contributed by atoms with Crippen molar-refractivity contribution in [2.75, 3.05) is 5.73 Å². The standard InChI is InChI=1S/C12H16ClN5/c1-2-18-12(9(13)7-16-18)11(17-15)8-5-3-4-6-10(8)14/h3-7,11,17H,2,14-15H2,1H3. The molecule has 5 N–H and O–H groups in total. The maximum atomic E-state index is 6.18. The highest BCUT2D eigenvalue weighted by Crippen LogP contribution is 2.30. The fourth-order valence-corrected chi connectivity index (χ4v) is 2.25. The number of nitrogens with zero attached hydrogens (tertiary/aromatic N) is 2. The molecular weight excluding hydrogens is 250 g/mol. The average Bonchev–Trinajstić information content (AvgIpc) is 2.74. The lowest BCUT2D eigenvalue weighted by Crippen LogP contribution is -2.31. The Morgan fingerprint density at radius 3 is 2.78 bits per heavy atom. The molecule has 2 rings (SSSR count). The number of benzene rings is 1. The SMILES string of the molecule is CCn1ncc(Cl)c1C(NN)c1ccccc1N. The van der Waals surface area contributed by atoms with Crippen LogP contribution in [0, 0.1) is 0 Å². The van der Waals surface area contributed by atoms with Gasteiger partial charge in [0.1, 0.15) is 0 Å². The second-order valence-corrected chi connectivity index (χ2v) is 4.33. The molecular formula is C12H16ClN5. The third kappa shape index (κ3) is 2.20. The fraction of sp³-hybridized carbons (Fsp3) is 0.250. The van der Waals surface area contributed by atoms with Crippen molar-refractivity contribution in [3.05, 3.63) is 46.7 Å². The van der Waals surface area contributed by atoms with Crippen molar-refractivity contribution < 1.29 is 0 Å². The van der Waals surface area contributed by atoms with Gasteiger partial charge in [-0.25, -0.2) is 5.43 Å². The number of hydrazine groups is 1. The maximum Gasteiger partial charge on any atom is 0.0913 e. The van der Waals surface area contributed by atoms with Crippen molar-refractivity contribution in [1.82, 2.24) is 15.2 Å². The van der Waals surface area contributed by atoms with Crippen LogP contribution >= 0.6 is 11.6 Å². The van der Waals surface area contributed by atoms with Crippen LogP contribution in [0.25, 0.3) is 0 Å². The number of nitrogens with one attached hydrogen (secondary N) is 1. The zero-order chi connectivity index (χ0) is 13.1. The monoisotopic (exact) mass is 265 g/mol. The van der Waals surface area contributed by atoms with Gasteiger partial charge in [-0.1, -0.05) is 29.8 Å². The predicted octanol–water partition coefficient (Wildman–Crippen LogP) is 1.69. The van der Waals surface area contributed by atoms with E-state index in [2.05, 4.69) is 10.5 Å². The molecule has 0 amide bonds. The summed E-state index contributed by atoms with van der Waals surface area (Å²) in [7, 11) is 0. The van der Waals surface area contributed by atoms with Gasteiger partial charge in [0.05, 0.1) is 23.0 Å². The Bertz CT molecular complexity index is 537. The van der Waals surface area contributed by atoms with Crippen molar-refractivity contribution in [3.8, 4) is 0 Å². The highest BCUT2D eigenvalue weighted by atomic mass is 35.5. The van der Waals surface area contributed by atoms with Crippen LogP contribution in [0.5, 0.6) is 0 Å². The number of halogens is 1. The molecule has 18 heavy (non-hydrogen) atoms. The number of hydrogen-bond acceptors (Lipinski definition) is 4. The van der Waals surface area contributed by atoms with E-state index in [9.17, 15) is 0 Å². The first-order valence-corrected chi connectivity index (χ1v) is 6.08. The molecule has 0 aliphatic carbocycles. The van der Waals surface area contributed by atoms with Crippen LogP contribution in [-0.4, -0.2) is 9.78 Å². The van der Waals surface area contributed by atoms with Crippen LogP contribution in [0.1, 0.15) is 24.2 Å². The molecule has 96 valence electrons. The molecule has 0 radical (unpaired) electrons. The zero-order valence-corrected chi connectivity index (χ0v) is 10.9. The summed E-state index contributed by atoms with van der Waals surface area (Å²) in [6.45, 7) is 2.71. The molecule has 1 aromatic heterocycles. The van der Waals surface area contributed by atoms with Crippen LogP contribution < -0.4 is 17.0 Å². The number of aryl methyl sites for hydroxylation is 1. The summed E-state index contributed by atoms with van der Waals surface area (Å²) >= 11 is 6.18. The molecule has 2 aromatic rings. The number of anilines is 1. The Labute approximate surface area is 111 Å². The van der Waals surface area contributed by atoms with E-state index in [1.165, 1.54) is 0 Å². The first-order valence-electron chi connectivity index (χ1n) is 5.70. The lowest BCUT2D eigenvalue weighted by atomic mass is 10.0. The van der Waals surface area contributed by atoms with Crippen LogP contribution in [0.15, 0.2) is 30.5 Å². The van der Waals surface area contributed by atoms with E-state index in [-0.39, 0.29) is 6.04 Å². The number of nitrogens with two attached hydrogens (primary N) is 2. The summed E-state index contributed by atoms with van der Waals surface area (Å²) in [5.74, 6) is 5.65. The summed E-state index contributed by atoms with van der Waals surface area (Å²) in [6.07, 6.45) is 1.61. The molecule has 0 aliphatic rings. The highest BCUT2D eigenvalue weighted by Gasteiger charge is 2.22. The average molecular weight is 266 g/mol. The van der Waals surface area contributed by atoms with Crippen molar-refractivity contribution in [2.24, 2.45) is 5.84 Å². The van der Waals surface area contributed by atoms with Crippen molar-refractivity contribution in [2.45, 2.75) is 19.5 Å². The Hall–Kier alpha value is -1.56. The molecule has 0 aliphatic heterocycles. The van der Waals surface area contributed by atoms with E-state index >= 15 is 0 Å². The van der Waals surface area contributed by atoms with E-state index in [0.29, 0.717) is 17.3 Å². The third-order valence-electron chi connectivity index (χ3n) is 2.88. The van der Waals surface area contributed by atoms with Crippen LogP contribution in [0.2, 0.25) is 5.02 Å². The first kappa shape index (κ1) is 12.9. The second-order valence-electron chi connectivity index (χ2n) is 3.92. The van der Waals surface area contributed by atoms with Crippen LogP contribution in [0.3, 0.4) is 0 Å². The summed E-state index contributed by atoms with van der Waals surface area (Å²) in [5.41, 5.74) is 11.1. The van der Waals surface area contributed by atoms with E-state index in [0.717, 1.165) is 11.3 Å². The first-order chi connectivity index (χ1) is 8.69. The Kier molecular flexibility index (Phi) is 3.86. The summed E-state index contributed by atoms with van der Waals surface area (Å²) in [6, 6.07) is 7.27. The van der Waals surface area contributed by atoms with Crippen LogP contribution in [-0.2, 0) is 6.54 Å². The predicted molar refractivity (Wildman–Crippen MR) is 72.9 cm³/mol. The molecule has 0 saturated heterocycles. The zero-order valence-electron chi connectivity index (χ0n) is 10.1. The van der Waals surface area contributed by atoms with Gasteiger partial charge < -0.3 is 5.73 Å². The van der Waals surface area contributed by atoms with Gasteiger partial charge in [-0.2, -0.15) is 5.10 Å². The number of para-hydroxylation sites is 1. The van der Waals surface area contributed by atoms with Gasteiger partial charge in [0, 0.05) is 12.2 Å². The van der Waals surface area contributed by atoms with Gasteiger partial charge >= 0.3 is 0 Å². The molecule has 1 heterocycles. The Balaban J connectivity index is 2.52. The van der Waals surface area contributed by atoms with Crippen molar-refractivity contribution in [1.29, 1.82) is 0 Å². The van der Waals surface area contributed by atoms with E-state index in [1.54, 1.807) is 10.9 Å². The minimum Gasteiger partial charge on any atom is -0.398 e. The third-order valence-corrected chi connectivity index (χ3v) is 3.17. The van der Waals surface area contributed by atoms with Crippen molar-refractivity contribution in [3.63, 3.8) is 0 Å². The van der Waals surface area contributed by atoms with Gasteiger partial charge in [-0.15, -0.1) is 0 Å². The number of rotatable bonds is 4. The van der Waals surface area contributed by atoms with Crippen molar-refractivity contribution >= 4 is 17.3 Å². The molecule has 0 saturated carbocycles. The smallest absolute Gasteiger partial charge is 0.0913 e. The molecule has 1 atom stereocenters. The summed E-state index contributed by atoms with van der Waals surface area (Å²) in [4.78, 5) is 0. The number of nitrogen functional groups attached to an aromatic ring is 1. The van der Waals surface area contributed by atoms with Gasteiger partial charge in [-0.05, 0) is 18.6 Å². The molecule has 5 nitrogen and oxygen atoms in total. The number of hydrogen-bond donors (Lipinski definition) is 3. The summed E-state index contributed by atoms with van der Waals surface area (Å²) < 4.78 is 1.80. The van der Waals surface area contributed by atoms with Gasteiger partial charge in [0.2, 0.25) is 0 Å². The molecule has 1 unspecified atom stereocenters. The minimum absolute atomic E-state index is 0.277. The molecule has 0 bridgehead atoms. The molecule has 0 spiro atoms. The lowest BCUT2D eigenvalue weighted by Gasteiger charge is -2.19. The fourth-order valence-electron chi connectivity index (χ4n) is 2.00. The maximum absolute atomic E-state index is 6.18. The van der Waals surface area contributed by atoms with Gasteiger partial charge in [0.15, 0.2) is 0 Å². The highest BCUT2D eigenvalue weighted by molar-refractivity contribution is 6.31. The molecule has 0 fully saturated rings. The second kappa shape index (κ2) is 5.39. The Morgan fingerprint density at radius 2 is 2.17 bits per heavy atom. The number of aromatic nitrogens is 2. The molecule has 6 heteroatoms. The van der Waals surface area contributed by atoms with Crippen LogP contribution in [0.4, 0.5) is 5.69 Å².